The van der Waals surface area contributed by atoms with Crippen molar-refractivity contribution in [1.29, 1.82) is 0 Å². The van der Waals surface area contributed by atoms with Crippen LogP contribution in [-0.4, -0.2) is 61.0 Å². The van der Waals surface area contributed by atoms with Gasteiger partial charge in [0.15, 0.2) is 0 Å². The van der Waals surface area contributed by atoms with Gasteiger partial charge in [-0.15, -0.1) is 0 Å². The molecule has 0 aromatic carbocycles. The van der Waals surface area contributed by atoms with Gasteiger partial charge in [-0.3, -0.25) is 14.5 Å². The summed E-state index contributed by atoms with van der Waals surface area (Å²) in [6.45, 7) is 3.33. The fourth-order valence-corrected chi connectivity index (χ4v) is 2.69. The van der Waals surface area contributed by atoms with Crippen LogP contribution in [-0.2, 0) is 14.3 Å². The summed E-state index contributed by atoms with van der Waals surface area (Å²) in [5.41, 5.74) is 0. The Hall–Kier alpha value is -1.10. The van der Waals surface area contributed by atoms with Crippen LogP contribution in [0.3, 0.4) is 0 Å². The van der Waals surface area contributed by atoms with E-state index >= 15 is 0 Å². The van der Waals surface area contributed by atoms with Gasteiger partial charge in [0.2, 0.25) is 5.91 Å². The summed E-state index contributed by atoms with van der Waals surface area (Å²) in [6, 6.07) is -0.0993. The number of hydrogen-bond acceptors (Lipinski definition) is 4. The zero-order chi connectivity index (χ0) is 12.3. The Balaban J connectivity index is 1.81. The van der Waals surface area contributed by atoms with Gasteiger partial charge in [-0.05, 0) is 25.8 Å². The first-order chi connectivity index (χ1) is 8.22. The third-order valence-electron chi connectivity index (χ3n) is 3.67. The molecule has 0 bridgehead atoms. The number of ether oxygens (including phenoxy) is 1. The lowest BCUT2D eigenvalue weighted by atomic mass is 10.2. The summed E-state index contributed by atoms with van der Waals surface area (Å²) in [4.78, 5) is 27.0. The lowest BCUT2D eigenvalue weighted by Crippen LogP contribution is -2.42. The third kappa shape index (κ3) is 2.77. The minimum absolute atomic E-state index is 0.0993. The van der Waals surface area contributed by atoms with Crippen molar-refractivity contribution in [3.8, 4) is 0 Å². The molecular weight excluding hydrogens is 220 g/mol. The van der Waals surface area contributed by atoms with Gasteiger partial charge < -0.3 is 9.64 Å². The van der Waals surface area contributed by atoms with Crippen molar-refractivity contribution in [3.63, 3.8) is 0 Å². The smallest absolute Gasteiger partial charge is 0.323 e. The van der Waals surface area contributed by atoms with Gasteiger partial charge >= 0.3 is 5.97 Å². The van der Waals surface area contributed by atoms with Gasteiger partial charge in [-0.25, -0.2) is 0 Å². The summed E-state index contributed by atoms with van der Waals surface area (Å²) in [5, 5.41) is 0. The highest BCUT2D eigenvalue weighted by molar-refractivity contribution is 5.78. The first-order valence-electron chi connectivity index (χ1n) is 6.32. The molecular formula is C12H20N2O3. The molecule has 2 heterocycles. The Morgan fingerprint density at radius 2 is 2.18 bits per heavy atom. The lowest BCUT2D eigenvalue weighted by Gasteiger charge is -2.25. The molecule has 2 saturated heterocycles. The van der Waals surface area contributed by atoms with Crippen molar-refractivity contribution >= 4 is 11.9 Å². The van der Waals surface area contributed by atoms with E-state index in [9.17, 15) is 9.59 Å². The van der Waals surface area contributed by atoms with E-state index in [1.54, 1.807) is 0 Å². The normalized spacial score (nSPS) is 25.6. The molecule has 5 nitrogen and oxygen atoms in total. The summed E-state index contributed by atoms with van der Waals surface area (Å²) in [6.07, 6.45) is 3.56. The molecule has 2 aliphatic rings. The molecule has 96 valence electrons. The highest BCUT2D eigenvalue weighted by Crippen LogP contribution is 2.18. The Kier molecular flexibility index (Phi) is 3.99. The Morgan fingerprint density at radius 3 is 2.82 bits per heavy atom. The third-order valence-corrected chi connectivity index (χ3v) is 3.67. The van der Waals surface area contributed by atoms with E-state index < -0.39 is 0 Å². The molecule has 0 radical (unpaired) electrons. The minimum Gasteiger partial charge on any atom is -0.468 e. The van der Waals surface area contributed by atoms with Crippen molar-refractivity contribution in [2.75, 3.05) is 33.3 Å². The Bertz CT molecular complexity index is 306. The number of carbonyl (C=O) groups excluding carboxylic acids is 2. The highest BCUT2D eigenvalue weighted by atomic mass is 16.5. The number of carbonyl (C=O) groups is 2. The van der Waals surface area contributed by atoms with E-state index in [1.165, 1.54) is 7.11 Å². The van der Waals surface area contributed by atoms with Gasteiger partial charge in [0.05, 0.1) is 7.11 Å². The number of methoxy groups -OCH3 is 1. The standard InChI is InChI=1S/C12H20N2O3/c1-17-12(16)10-4-2-6-13(10)8-9-14-7-3-5-11(14)15/h10H,2-9H2,1H3. The maximum atomic E-state index is 11.5. The van der Waals surface area contributed by atoms with Crippen LogP contribution in [0.15, 0.2) is 0 Å². The molecule has 2 aliphatic heterocycles. The molecule has 2 fully saturated rings. The number of amides is 1. The molecule has 0 aromatic rings. The summed E-state index contributed by atoms with van der Waals surface area (Å²) in [7, 11) is 1.43. The van der Waals surface area contributed by atoms with Gasteiger partial charge in [0.1, 0.15) is 6.04 Å². The number of likely N-dealkylation sites (tertiary alicyclic amines) is 2. The monoisotopic (exact) mass is 240 g/mol. The topological polar surface area (TPSA) is 49.9 Å². The summed E-state index contributed by atoms with van der Waals surface area (Å²) in [5.74, 6) is 0.106. The van der Waals surface area contributed by atoms with E-state index in [2.05, 4.69) is 4.90 Å². The second-order valence-electron chi connectivity index (χ2n) is 4.70. The van der Waals surface area contributed by atoms with Gasteiger partial charge in [0, 0.05) is 26.1 Å². The molecule has 1 atom stereocenters. The van der Waals surface area contributed by atoms with Gasteiger partial charge in [0.25, 0.3) is 0 Å². The molecule has 0 spiro atoms. The van der Waals surface area contributed by atoms with Crippen LogP contribution in [0.2, 0.25) is 0 Å². The maximum absolute atomic E-state index is 11.5. The molecule has 1 amide bonds. The fraction of sp³-hybridized carbons (Fsp3) is 0.833. The SMILES string of the molecule is COC(=O)C1CCCN1CCN1CCCC1=O. The van der Waals surface area contributed by atoms with E-state index in [4.69, 9.17) is 4.74 Å². The molecule has 0 aromatic heterocycles. The van der Waals surface area contributed by atoms with Crippen LogP contribution in [0.25, 0.3) is 0 Å². The zero-order valence-corrected chi connectivity index (χ0v) is 10.4. The maximum Gasteiger partial charge on any atom is 0.323 e. The van der Waals surface area contributed by atoms with Crippen LogP contribution < -0.4 is 0 Å². The molecule has 0 aliphatic carbocycles. The average Bonchev–Trinajstić information content (AvgIpc) is 2.94. The first kappa shape index (κ1) is 12.4. The van der Waals surface area contributed by atoms with Gasteiger partial charge in [-0.2, -0.15) is 0 Å². The second-order valence-corrected chi connectivity index (χ2v) is 4.70. The van der Waals surface area contributed by atoms with Crippen LogP contribution in [0.4, 0.5) is 0 Å². The quantitative estimate of drug-likeness (QED) is 0.661. The van der Waals surface area contributed by atoms with Crippen molar-refractivity contribution < 1.29 is 14.3 Å². The van der Waals surface area contributed by atoms with E-state index in [-0.39, 0.29) is 17.9 Å². The highest BCUT2D eigenvalue weighted by Gasteiger charge is 2.32. The number of esters is 1. The summed E-state index contributed by atoms with van der Waals surface area (Å²) < 4.78 is 4.80. The Morgan fingerprint density at radius 1 is 1.35 bits per heavy atom. The van der Waals surface area contributed by atoms with Crippen LogP contribution in [0.5, 0.6) is 0 Å². The van der Waals surface area contributed by atoms with Crippen LogP contribution in [0.1, 0.15) is 25.7 Å². The van der Waals surface area contributed by atoms with Crippen molar-refractivity contribution in [1.82, 2.24) is 9.80 Å². The molecule has 0 N–H and O–H groups in total. The van der Waals surface area contributed by atoms with E-state index in [0.29, 0.717) is 6.42 Å². The number of nitrogens with zero attached hydrogens (tertiary/aromatic N) is 2. The lowest BCUT2D eigenvalue weighted by molar-refractivity contribution is -0.145. The summed E-state index contributed by atoms with van der Waals surface area (Å²) >= 11 is 0. The Labute approximate surface area is 102 Å². The number of hydrogen-bond donors (Lipinski definition) is 0. The zero-order valence-electron chi connectivity index (χ0n) is 10.4. The molecule has 1 unspecified atom stereocenters. The van der Waals surface area contributed by atoms with E-state index in [1.807, 2.05) is 4.90 Å². The fourth-order valence-electron chi connectivity index (χ4n) is 2.69. The van der Waals surface area contributed by atoms with Crippen molar-refractivity contribution in [2.45, 2.75) is 31.7 Å². The van der Waals surface area contributed by atoms with Crippen molar-refractivity contribution in [2.24, 2.45) is 0 Å². The molecule has 17 heavy (non-hydrogen) atoms. The predicted octanol–water partition coefficient (Wildman–Crippen LogP) is 0.246. The van der Waals surface area contributed by atoms with E-state index in [0.717, 1.165) is 45.4 Å². The largest absolute Gasteiger partial charge is 0.468 e. The predicted molar refractivity (Wildman–Crippen MR) is 62.4 cm³/mol. The van der Waals surface area contributed by atoms with Crippen LogP contribution >= 0.6 is 0 Å². The average molecular weight is 240 g/mol. The molecule has 2 rings (SSSR count). The first-order valence-corrected chi connectivity index (χ1v) is 6.32. The number of rotatable bonds is 4. The van der Waals surface area contributed by atoms with Crippen LogP contribution in [0, 0.1) is 0 Å². The molecule has 5 heteroatoms. The molecule has 0 saturated carbocycles. The van der Waals surface area contributed by atoms with Gasteiger partial charge in [-0.1, -0.05) is 0 Å². The minimum atomic E-state index is -0.143. The van der Waals surface area contributed by atoms with Crippen molar-refractivity contribution in [3.05, 3.63) is 0 Å². The second kappa shape index (κ2) is 5.49.